The minimum absolute atomic E-state index is 0.156. The van der Waals surface area contributed by atoms with Crippen molar-refractivity contribution in [2.24, 2.45) is 4.99 Å². The Morgan fingerprint density at radius 2 is 2.12 bits per heavy atom. The molecule has 1 aliphatic rings. The van der Waals surface area contributed by atoms with Crippen molar-refractivity contribution in [2.75, 3.05) is 6.54 Å². The zero-order valence-corrected chi connectivity index (χ0v) is 14.0. The summed E-state index contributed by atoms with van der Waals surface area (Å²) in [7, 11) is 0. The maximum Gasteiger partial charge on any atom is 0.147 e. The van der Waals surface area contributed by atoms with Gasteiger partial charge in [0.25, 0.3) is 0 Å². The van der Waals surface area contributed by atoms with Crippen LogP contribution in [0, 0.1) is 0 Å². The van der Waals surface area contributed by atoms with E-state index in [1.165, 1.54) is 0 Å². The number of benzene rings is 1. The summed E-state index contributed by atoms with van der Waals surface area (Å²) in [4.78, 5) is 9.97. The van der Waals surface area contributed by atoms with Gasteiger partial charge in [-0.2, -0.15) is 0 Å². The molecule has 0 saturated heterocycles. The number of aromatic hydroxyl groups is 1. The number of rotatable bonds is 3. The predicted octanol–water partition coefficient (Wildman–Crippen LogP) is 4.04. The molecule has 0 aliphatic carbocycles. The van der Waals surface area contributed by atoms with Crippen LogP contribution in [0.2, 0.25) is 0 Å². The highest BCUT2D eigenvalue weighted by molar-refractivity contribution is 7.10. The van der Waals surface area contributed by atoms with E-state index in [4.69, 9.17) is 0 Å². The van der Waals surface area contributed by atoms with Crippen LogP contribution in [0.5, 0.6) is 5.75 Å². The van der Waals surface area contributed by atoms with Gasteiger partial charge < -0.3 is 10.4 Å². The van der Waals surface area contributed by atoms with Gasteiger partial charge in [0, 0.05) is 22.0 Å². The highest BCUT2D eigenvalue weighted by Crippen LogP contribution is 2.36. The second-order valence-corrected chi connectivity index (χ2v) is 6.73. The van der Waals surface area contributed by atoms with Crippen LogP contribution in [0.4, 0.5) is 0 Å². The lowest BCUT2D eigenvalue weighted by Crippen LogP contribution is -2.28. The van der Waals surface area contributed by atoms with Gasteiger partial charge in [-0.3, -0.25) is 9.98 Å². The van der Waals surface area contributed by atoms with E-state index in [-0.39, 0.29) is 11.8 Å². The van der Waals surface area contributed by atoms with Gasteiger partial charge in [0.05, 0.1) is 12.6 Å². The summed E-state index contributed by atoms with van der Waals surface area (Å²) in [6.07, 6.45) is 3.79. The Kier molecular flexibility index (Phi) is 3.78. The maximum absolute atomic E-state index is 10.8. The third-order valence-corrected chi connectivity index (χ3v) is 5.16. The molecular formula is C19H17N3OS. The number of nitrogens with zero attached hydrogens (tertiary/aromatic N) is 2. The van der Waals surface area contributed by atoms with Crippen LogP contribution in [0.3, 0.4) is 0 Å². The van der Waals surface area contributed by atoms with Crippen LogP contribution in [0.25, 0.3) is 10.9 Å². The summed E-state index contributed by atoms with van der Waals surface area (Å²) < 4.78 is 0. The van der Waals surface area contributed by atoms with Gasteiger partial charge in [-0.15, -0.1) is 11.3 Å². The van der Waals surface area contributed by atoms with Gasteiger partial charge in [0.1, 0.15) is 17.1 Å². The summed E-state index contributed by atoms with van der Waals surface area (Å²) in [5.41, 5.74) is 2.57. The predicted molar refractivity (Wildman–Crippen MR) is 98.8 cm³/mol. The lowest BCUT2D eigenvalue weighted by atomic mass is 10.0. The van der Waals surface area contributed by atoms with Gasteiger partial charge in [0.2, 0.25) is 0 Å². The molecule has 3 aromatic rings. The number of amidine groups is 1. The Labute approximate surface area is 144 Å². The molecule has 5 heteroatoms. The van der Waals surface area contributed by atoms with Crippen molar-refractivity contribution in [3.05, 3.63) is 70.1 Å². The first kappa shape index (κ1) is 14.9. The van der Waals surface area contributed by atoms with E-state index in [2.05, 4.69) is 27.4 Å². The number of phenolic OH excluding ortho intramolecular Hbond substituents is 1. The van der Waals surface area contributed by atoms with Crippen molar-refractivity contribution < 1.29 is 5.11 Å². The maximum atomic E-state index is 10.8. The summed E-state index contributed by atoms with van der Waals surface area (Å²) in [5.74, 6) is 1.10. The van der Waals surface area contributed by atoms with Gasteiger partial charge in [-0.1, -0.05) is 30.3 Å². The number of aliphatic imine (C=N–C) groups is 1. The van der Waals surface area contributed by atoms with Crippen LogP contribution >= 0.6 is 11.3 Å². The summed E-state index contributed by atoms with van der Waals surface area (Å²) in [6, 6.07) is 11.7. The molecule has 0 amide bonds. The van der Waals surface area contributed by atoms with Crippen molar-refractivity contribution in [3.8, 4) is 5.75 Å². The molecule has 0 radical (unpaired) electrons. The summed E-state index contributed by atoms with van der Waals surface area (Å²) >= 11 is 1.66. The van der Waals surface area contributed by atoms with Crippen molar-refractivity contribution in [1.82, 2.24) is 10.3 Å². The van der Waals surface area contributed by atoms with E-state index < -0.39 is 0 Å². The van der Waals surface area contributed by atoms with Crippen LogP contribution in [-0.2, 0) is 0 Å². The Morgan fingerprint density at radius 3 is 2.88 bits per heavy atom. The minimum atomic E-state index is -0.156. The zero-order valence-electron chi connectivity index (χ0n) is 13.2. The fourth-order valence-electron chi connectivity index (χ4n) is 2.93. The quantitative estimate of drug-likeness (QED) is 0.759. The number of pyridine rings is 1. The number of nitrogens with one attached hydrogen (secondary N) is 1. The smallest absolute Gasteiger partial charge is 0.147 e. The number of hydrogen-bond acceptors (Lipinski definition) is 5. The van der Waals surface area contributed by atoms with Gasteiger partial charge in [0.15, 0.2) is 0 Å². The van der Waals surface area contributed by atoms with Crippen molar-refractivity contribution in [1.29, 1.82) is 0 Å². The Bertz CT molecular complexity index is 944. The number of hydrogen-bond donors (Lipinski definition) is 2. The molecule has 0 bridgehead atoms. The highest BCUT2D eigenvalue weighted by atomic mass is 32.1. The highest BCUT2D eigenvalue weighted by Gasteiger charge is 2.23. The molecule has 1 aliphatic heterocycles. The molecule has 2 N–H and O–H groups in total. The first-order valence-electron chi connectivity index (χ1n) is 7.82. The molecular weight excluding hydrogens is 318 g/mol. The molecule has 0 fully saturated rings. The van der Waals surface area contributed by atoms with E-state index >= 15 is 0 Å². The van der Waals surface area contributed by atoms with Gasteiger partial charge in [-0.05, 0) is 30.0 Å². The SMILES string of the molecule is CC1=CCN=C1NC(c1cccs1)c1ccc2cccnc2c1O. The first-order valence-corrected chi connectivity index (χ1v) is 8.70. The van der Waals surface area contributed by atoms with Crippen LogP contribution in [0.1, 0.15) is 23.4 Å². The molecule has 3 heterocycles. The molecule has 0 spiro atoms. The summed E-state index contributed by atoms with van der Waals surface area (Å²) in [6.45, 7) is 2.75. The second-order valence-electron chi connectivity index (χ2n) is 5.75. The average molecular weight is 335 g/mol. The van der Waals surface area contributed by atoms with Gasteiger partial charge >= 0.3 is 0 Å². The molecule has 1 aromatic carbocycles. The number of aromatic nitrogens is 1. The zero-order chi connectivity index (χ0) is 16.5. The van der Waals surface area contributed by atoms with E-state index in [9.17, 15) is 5.11 Å². The molecule has 24 heavy (non-hydrogen) atoms. The van der Waals surface area contributed by atoms with E-state index in [1.807, 2.05) is 42.6 Å². The van der Waals surface area contributed by atoms with Crippen LogP contribution in [-0.4, -0.2) is 22.5 Å². The van der Waals surface area contributed by atoms with Crippen molar-refractivity contribution in [2.45, 2.75) is 13.0 Å². The largest absolute Gasteiger partial charge is 0.505 e. The number of phenols is 1. The first-order chi connectivity index (χ1) is 11.7. The number of thiophene rings is 1. The lowest BCUT2D eigenvalue weighted by Gasteiger charge is -2.21. The van der Waals surface area contributed by atoms with Crippen LogP contribution in [0.15, 0.2) is 64.6 Å². The molecule has 4 rings (SSSR count). The number of fused-ring (bicyclic) bond motifs is 1. The Morgan fingerprint density at radius 1 is 1.21 bits per heavy atom. The fraction of sp³-hybridized carbons (Fsp3) is 0.158. The van der Waals surface area contributed by atoms with Crippen molar-refractivity contribution in [3.63, 3.8) is 0 Å². The monoisotopic (exact) mass is 335 g/mol. The molecule has 2 aromatic heterocycles. The van der Waals surface area contributed by atoms with E-state index in [0.29, 0.717) is 12.1 Å². The molecule has 1 atom stereocenters. The van der Waals surface area contributed by atoms with E-state index in [1.54, 1.807) is 17.5 Å². The fourth-order valence-corrected chi connectivity index (χ4v) is 3.72. The molecule has 120 valence electrons. The summed E-state index contributed by atoms with van der Waals surface area (Å²) in [5, 5.41) is 17.3. The van der Waals surface area contributed by atoms with Crippen LogP contribution < -0.4 is 5.32 Å². The Balaban J connectivity index is 1.82. The third-order valence-electron chi connectivity index (χ3n) is 4.22. The minimum Gasteiger partial charge on any atom is -0.505 e. The van der Waals surface area contributed by atoms with E-state index in [0.717, 1.165) is 27.2 Å². The standard InChI is InChI=1S/C19H17N3OS/c1-12-8-10-21-19(12)22-17(15-5-3-11-24-15)14-7-6-13-4-2-9-20-16(13)18(14)23/h2-9,11,17,23H,10H2,1H3,(H,21,22). The second kappa shape index (κ2) is 6.09. The molecule has 1 unspecified atom stereocenters. The third kappa shape index (κ3) is 2.57. The molecule has 0 saturated carbocycles. The Hall–Kier alpha value is -2.66. The lowest BCUT2D eigenvalue weighted by molar-refractivity contribution is 0.468. The normalized spacial score (nSPS) is 15.2. The topological polar surface area (TPSA) is 57.5 Å². The average Bonchev–Trinajstić information content (AvgIpc) is 3.26. The molecule has 4 nitrogen and oxygen atoms in total. The van der Waals surface area contributed by atoms with Crippen molar-refractivity contribution >= 4 is 28.1 Å². The van der Waals surface area contributed by atoms with Gasteiger partial charge in [-0.25, -0.2) is 0 Å².